The van der Waals surface area contributed by atoms with Gasteiger partial charge >= 0.3 is 37.9 Å². The summed E-state index contributed by atoms with van der Waals surface area (Å²) >= 11 is 5.58. The summed E-state index contributed by atoms with van der Waals surface area (Å²) in [5.41, 5.74) is 0. The topological polar surface area (TPSA) is 0 Å². The van der Waals surface area contributed by atoms with Crippen LogP contribution in [0.4, 0.5) is 0 Å². The van der Waals surface area contributed by atoms with Crippen LogP contribution in [-0.2, 0) is 20.8 Å². The van der Waals surface area contributed by atoms with Crippen molar-refractivity contribution in [3.63, 3.8) is 0 Å². The van der Waals surface area contributed by atoms with Crippen molar-refractivity contribution < 1.29 is 20.8 Å². The zero-order chi connectivity index (χ0) is 39.0. The van der Waals surface area contributed by atoms with Gasteiger partial charge in [0.05, 0.1) is 0 Å². The number of halogens is 4. The number of hydrogen-bond acceptors (Lipinski definition) is 0. The summed E-state index contributed by atoms with van der Waals surface area (Å²) in [7, 11) is 9.87. The van der Waals surface area contributed by atoms with Crippen LogP contribution in [0.25, 0.3) is 0 Å². The maximum atomic E-state index is 4.93. The van der Waals surface area contributed by atoms with Crippen molar-refractivity contribution in [1.29, 1.82) is 0 Å². The number of hydrogen-bond donors (Lipinski definition) is 0. The van der Waals surface area contributed by atoms with E-state index in [0.29, 0.717) is 11.8 Å². The van der Waals surface area contributed by atoms with Gasteiger partial charge in [0.1, 0.15) is 0 Å². The molecule has 3 fully saturated rings. The third kappa shape index (κ3) is 14.2. The fourth-order valence-electron chi connectivity index (χ4n) is 11.4. The Labute approximate surface area is 391 Å². The van der Waals surface area contributed by atoms with Crippen molar-refractivity contribution in [3.05, 3.63) is 161 Å². The van der Waals surface area contributed by atoms with Crippen LogP contribution < -0.4 is 0 Å². The average molecular weight is 1030 g/mol. The molecule has 0 bridgehead atoms. The van der Waals surface area contributed by atoms with Crippen LogP contribution in [0.2, 0.25) is 0 Å². The minimum atomic E-state index is -0.826. The molecule has 0 aromatic rings. The summed E-state index contributed by atoms with van der Waals surface area (Å²) in [6.07, 6.45) is 71.7. The zero-order valence-electron chi connectivity index (χ0n) is 35.1. The minimum absolute atomic E-state index is 0. The van der Waals surface area contributed by atoms with Gasteiger partial charge in [0.2, 0.25) is 0 Å². The van der Waals surface area contributed by atoms with E-state index in [4.69, 9.17) is 17.0 Å². The quantitative estimate of drug-likeness (QED) is 0.135. The molecule has 0 N–H and O–H groups in total. The SMILES string of the molecule is BrCCBr.C1=CC2C=CC(CCC3C=CC4C=CC=CC43)C2C=C1.C1=CC2CCC(CCC3CCC4C=CC=CC43)C2C=C1.C1=CC2CCCC2C=C1.[CH3-].[CH3-].[Cl][Zr+2][Cl]. The third-order valence-corrected chi connectivity index (χ3v) is 16.1. The molecule has 0 aliphatic heterocycles. The first-order chi connectivity index (χ1) is 27.6. The van der Waals surface area contributed by atoms with E-state index in [1.54, 1.807) is 0 Å². The number of fused-ring (bicyclic) bond motifs is 5. The van der Waals surface area contributed by atoms with E-state index in [2.05, 4.69) is 178 Å². The van der Waals surface area contributed by atoms with Gasteiger partial charge in [0, 0.05) is 22.5 Å². The van der Waals surface area contributed by atoms with Crippen LogP contribution in [0.3, 0.4) is 0 Å². The molecule has 10 aliphatic rings. The number of rotatable bonds is 7. The molecule has 314 valence electrons. The van der Waals surface area contributed by atoms with E-state index in [0.717, 1.165) is 81.7 Å². The van der Waals surface area contributed by atoms with Gasteiger partial charge < -0.3 is 14.9 Å². The first-order valence-corrected chi connectivity index (χ1v) is 30.4. The first-order valence-electron chi connectivity index (χ1n) is 21.8. The molecule has 0 amide bonds. The molecule has 0 aromatic carbocycles. The molecule has 14 atom stereocenters. The second-order valence-corrected chi connectivity index (χ2v) is 22.6. The molecule has 3 saturated carbocycles. The van der Waals surface area contributed by atoms with Crippen LogP contribution in [0.5, 0.6) is 0 Å². The van der Waals surface area contributed by atoms with E-state index < -0.39 is 20.8 Å². The monoisotopic (exact) mass is 1020 g/mol. The molecule has 0 aromatic heterocycles. The zero-order valence-corrected chi connectivity index (χ0v) is 42.3. The van der Waals surface area contributed by atoms with Crippen LogP contribution in [0, 0.1) is 97.7 Å². The Kier molecular flexibility index (Phi) is 23.6. The molecule has 10 aliphatic carbocycles. The number of alkyl halides is 2. The molecule has 0 spiro atoms. The Hall–Kier alpha value is -0.697. The van der Waals surface area contributed by atoms with E-state index in [-0.39, 0.29) is 14.9 Å². The van der Waals surface area contributed by atoms with Gasteiger partial charge in [-0.3, -0.25) is 0 Å². The van der Waals surface area contributed by atoms with Gasteiger partial charge in [-0.15, -0.1) is 0 Å². The predicted octanol–water partition coefficient (Wildman–Crippen LogP) is 16.7. The van der Waals surface area contributed by atoms with Crippen molar-refractivity contribution in [3.8, 4) is 0 Å². The summed E-state index contributed by atoms with van der Waals surface area (Å²) in [5, 5.41) is 2.10. The van der Waals surface area contributed by atoms with Crippen molar-refractivity contribution in [2.45, 2.75) is 70.6 Å². The van der Waals surface area contributed by atoms with Crippen LogP contribution in [0.1, 0.15) is 70.6 Å². The maximum absolute atomic E-state index is 4.93. The van der Waals surface area contributed by atoms with Crippen LogP contribution >= 0.6 is 48.9 Å². The Morgan fingerprint density at radius 3 is 1.12 bits per heavy atom. The van der Waals surface area contributed by atoms with E-state index in [9.17, 15) is 0 Å². The van der Waals surface area contributed by atoms with Gasteiger partial charge in [-0.25, -0.2) is 0 Å². The molecule has 14 unspecified atom stereocenters. The Morgan fingerprint density at radius 2 is 0.724 bits per heavy atom. The Morgan fingerprint density at radius 1 is 0.379 bits per heavy atom. The van der Waals surface area contributed by atoms with E-state index >= 15 is 0 Å². The normalized spacial score (nSPS) is 37.1. The van der Waals surface area contributed by atoms with Gasteiger partial charge in [-0.1, -0.05) is 184 Å². The van der Waals surface area contributed by atoms with Crippen molar-refractivity contribution in [2.24, 2.45) is 82.9 Å². The Bertz CT molecular complexity index is 1460. The molecule has 58 heavy (non-hydrogen) atoms. The van der Waals surface area contributed by atoms with Crippen LogP contribution in [0.15, 0.2) is 146 Å². The second kappa shape index (κ2) is 27.4. The summed E-state index contributed by atoms with van der Waals surface area (Å²) in [6.45, 7) is 0. The molecule has 0 saturated heterocycles. The summed E-state index contributed by atoms with van der Waals surface area (Å²) in [4.78, 5) is 0. The average Bonchev–Trinajstić information content (AvgIpc) is 4.11. The Balaban J connectivity index is 0.000000184. The standard InChI is InChI=1S/C20H26.C20H22.C9H12.C2H4Br2.2CH3.2ClH.Zr/c2*1-3-7-19-15(5-1)9-11-17(19)13-14-18-12-10-16-6-2-4-8-20(16)18;1-2-5-9-7-3-6-8(9)4-1;3-1-2-4;;;;;/h1-8,15-20H,9-14H2;1-12,15-20H,13-14H2;1-2,4-5,8-9H,3,6-7H2;1-2H2;2*1H3;2*1H;/q;;;;2*-1;;;+4/p-2. The van der Waals surface area contributed by atoms with Crippen LogP contribution in [-0.4, -0.2) is 10.7 Å². The molecular formula is C53H70Br2Cl2Zr. The number of allylic oxidation sites excluding steroid dienone is 24. The van der Waals surface area contributed by atoms with Gasteiger partial charge in [0.15, 0.2) is 0 Å². The van der Waals surface area contributed by atoms with E-state index in [1.807, 2.05) is 0 Å². The molecular weight excluding hydrogens is 959 g/mol. The summed E-state index contributed by atoms with van der Waals surface area (Å²) < 4.78 is 0. The first kappa shape index (κ1) is 50.0. The van der Waals surface area contributed by atoms with Crippen molar-refractivity contribution >= 4 is 48.9 Å². The fourth-order valence-corrected chi connectivity index (χ4v) is 11.4. The van der Waals surface area contributed by atoms with E-state index in [1.165, 1.54) is 70.6 Å². The van der Waals surface area contributed by atoms with Gasteiger partial charge in [0.25, 0.3) is 0 Å². The van der Waals surface area contributed by atoms with Crippen molar-refractivity contribution in [1.82, 2.24) is 0 Å². The summed E-state index contributed by atoms with van der Waals surface area (Å²) in [6, 6.07) is 0. The fraction of sp³-hybridized carbons (Fsp3) is 0.509. The second-order valence-electron chi connectivity index (χ2n) is 17.3. The molecule has 0 heterocycles. The van der Waals surface area contributed by atoms with Gasteiger partial charge in [-0.2, -0.15) is 0 Å². The molecule has 0 radical (unpaired) electrons. The molecule has 0 nitrogen and oxygen atoms in total. The molecule has 5 heteroatoms. The predicted molar refractivity (Wildman–Crippen MR) is 261 cm³/mol. The van der Waals surface area contributed by atoms with Crippen molar-refractivity contribution in [2.75, 3.05) is 10.7 Å². The molecule has 10 rings (SSSR count). The third-order valence-electron chi connectivity index (χ3n) is 14.3. The summed E-state index contributed by atoms with van der Waals surface area (Å²) in [5.74, 6) is 11.4. The van der Waals surface area contributed by atoms with Gasteiger partial charge in [-0.05, 0) is 135 Å².